The number of esters is 1. The monoisotopic (exact) mass is 188 g/mol. The first-order valence-corrected chi connectivity index (χ1v) is 4.95. The van der Waals surface area contributed by atoms with Crippen molar-refractivity contribution >= 4 is 5.97 Å². The van der Waals surface area contributed by atoms with Crippen molar-refractivity contribution < 1.29 is 14.6 Å². The zero-order chi connectivity index (χ0) is 10.1. The van der Waals surface area contributed by atoms with E-state index in [1.165, 1.54) is 7.11 Å². The average Bonchev–Trinajstić information content (AvgIpc) is 2.12. The Balaban J connectivity index is 3.20. The lowest BCUT2D eigenvalue weighted by Gasteiger charge is -2.07. The third kappa shape index (κ3) is 7.78. The number of unbranched alkanes of at least 4 members (excludes halogenated alkanes) is 1. The quantitative estimate of drug-likeness (QED) is 0.490. The van der Waals surface area contributed by atoms with Crippen LogP contribution in [0.3, 0.4) is 0 Å². The molecule has 0 amide bonds. The van der Waals surface area contributed by atoms with E-state index in [0.29, 0.717) is 6.42 Å². The Hall–Kier alpha value is -0.570. The number of carbonyl (C=O) groups excluding carboxylic acids is 1. The number of carbonyl (C=O) groups is 1. The molecule has 0 saturated heterocycles. The summed E-state index contributed by atoms with van der Waals surface area (Å²) in [6.07, 6.45) is 4.66. The van der Waals surface area contributed by atoms with Gasteiger partial charge in [-0.2, -0.15) is 0 Å². The predicted molar refractivity (Wildman–Crippen MR) is 51.4 cm³/mol. The van der Waals surface area contributed by atoms with Crippen LogP contribution in [0.4, 0.5) is 0 Å². The van der Waals surface area contributed by atoms with Crippen molar-refractivity contribution in [2.24, 2.45) is 0 Å². The van der Waals surface area contributed by atoms with Gasteiger partial charge in [-0.25, -0.2) is 0 Å². The molecule has 0 aromatic heterocycles. The Labute approximate surface area is 80.1 Å². The zero-order valence-corrected chi connectivity index (χ0v) is 8.58. The highest BCUT2D eigenvalue weighted by Crippen LogP contribution is 2.08. The fourth-order valence-corrected chi connectivity index (χ4v) is 1.23. The van der Waals surface area contributed by atoms with Crippen LogP contribution < -0.4 is 0 Å². The first-order valence-electron chi connectivity index (χ1n) is 4.95. The first kappa shape index (κ1) is 12.4. The minimum absolute atomic E-state index is 0.162. The SMILES string of the molecule is CCCC(O)CCCCC(=O)OC. The third-order valence-electron chi connectivity index (χ3n) is 2.02. The first-order chi connectivity index (χ1) is 6.20. The molecule has 1 unspecified atom stereocenters. The number of rotatable bonds is 7. The van der Waals surface area contributed by atoms with Crippen molar-refractivity contribution in [1.29, 1.82) is 0 Å². The molecule has 0 aliphatic carbocycles. The Morgan fingerprint density at radius 2 is 2.08 bits per heavy atom. The van der Waals surface area contributed by atoms with E-state index in [1.54, 1.807) is 0 Å². The molecule has 3 nitrogen and oxygen atoms in total. The lowest BCUT2D eigenvalue weighted by atomic mass is 10.1. The fraction of sp³-hybridized carbons (Fsp3) is 0.900. The van der Waals surface area contributed by atoms with Gasteiger partial charge in [-0.05, 0) is 19.3 Å². The second-order valence-electron chi connectivity index (χ2n) is 3.26. The normalized spacial score (nSPS) is 12.5. The molecule has 0 aromatic rings. The van der Waals surface area contributed by atoms with Crippen LogP contribution in [-0.2, 0) is 9.53 Å². The highest BCUT2D eigenvalue weighted by atomic mass is 16.5. The smallest absolute Gasteiger partial charge is 0.305 e. The molecule has 0 radical (unpaired) electrons. The second kappa shape index (κ2) is 8.05. The number of aliphatic hydroxyl groups excluding tert-OH is 1. The van der Waals surface area contributed by atoms with Crippen molar-refractivity contribution in [3.05, 3.63) is 0 Å². The summed E-state index contributed by atoms with van der Waals surface area (Å²) >= 11 is 0. The maximum Gasteiger partial charge on any atom is 0.305 e. The summed E-state index contributed by atoms with van der Waals surface area (Å²) in [5.74, 6) is -0.162. The number of aliphatic hydroxyl groups is 1. The van der Waals surface area contributed by atoms with Crippen LogP contribution in [0.5, 0.6) is 0 Å². The Morgan fingerprint density at radius 3 is 2.62 bits per heavy atom. The van der Waals surface area contributed by atoms with Crippen LogP contribution in [0, 0.1) is 0 Å². The van der Waals surface area contributed by atoms with Crippen LogP contribution in [0.2, 0.25) is 0 Å². The molecular formula is C10H20O3. The molecule has 0 aliphatic heterocycles. The molecule has 1 N–H and O–H groups in total. The minimum Gasteiger partial charge on any atom is -0.469 e. The third-order valence-corrected chi connectivity index (χ3v) is 2.02. The van der Waals surface area contributed by atoms with Crippen molar-refractivity contribution in [1.82, 2.24) is 0 Å². The van der Waals surface area contributed by atoms with E-state index in [-0.39, 0.29) is 12.1 Å². The zero-order valence-electron chi connectivity index (χ0n) is 8.58. The van der Waals surface area contributed by atoms with E-state index in [1.807, 2.05) is 0 Å². The topological polar surface area (TPSA) is 46.5 Å². The van der Waals surface area contributed by atoms with Gasteiger partial charge in [-0.3, -0.25) is 4.79 Å². The molecule has 0 spiro atoms. The summed E-state index contributed by atoms with van der Waals surface area (Å²) < 4.78 is 4.50. The molecular weight excluding hydrogens is 168 g/mol. The molecule has 0 fully saturated rings. The van der Waals surface area contributed by atoms with Crippen molar-refractivity contribution in [2.75, 3.05) is 7.11 Å². The van der Waals surface area contributed by atoms with Gasteiger partial charge < -0.3 is 9.84 Å². The molecule has 0 aromatic carbocycles. The van der Waals surface area contributed by atoms with Crippen LogP contribution in [0.25, 0.3) is 0 Å². The number of ether oxygens (including phenoxy) is 1. The number of hydrogen-bond acceptors (Lipinski definition) is 3. The molecule has 78 valence electrons. The Bertz CT molecular complexity index is 134. The Morgan fingerprint density at radius 1 is 1.38 bits per heavy atom. The fourth-order valence-electron chi connectivity index (χ4n) is 1.23. The highest BCUT2D eigenvalue weighted by Gasteiger charge is 2.03. The van der Waals surface area contributed by atoms with Crippen molar-refractivity contribution in [3.63, 3.8) is 0 Å². The molecule has 13 heavy (non-hydrogen) atoms. The van der Waals surface area contributed by atoms with E-state index in [4.69, 9.17) is 0 Å². The van der Waals surface area contributed by atoms with Crippen molar-refractivity contribution in [3.8, 4) is 0 Å². The summed E-state index contributed by atoms with van der Waals surface area (Å²) in [6.45, 7) is 2.05. The molecule has 0 bridgehead atoms. The van der Waals surface area contributed by atoms with Gasteiger partial charge in [0, 0.05) is 6.42 Å². The summed E-state index contributed by atoms with van der Waals surface area (Å²) in [4.78, 5) is 10.7. The summed E-state index contributed by atoms with van der Waals surface area (Å²) in [5, 5.41) is 9.36. The van der Waals surface area contributed by atoms with Gasteiger partial charge in [0.05, 0.1) is 13.2 Å². The Kier molecular flexibility index (Phi) is 7.69. The van der Waals surface area contributed by atoms with Gasteiger partial charge in [-0.15, -0.1) is 0 Å². The van der Waals surface area contributed by atoms with Crippen LogP contribution in [0.1, 0.15) is 45.4 Å². The van der Waals surface area contributed by atoms with Crippen LogP contribution in [-0.4, -0.2) is 24.3 Å². The van der Waals surface area contributed by atoms with Crippen LogP contribution in [0.15, 0.2) is 0 Å². The standard InChI is InChI=1S/C10H20O3/c1-3-6-9(11)7-4-5-8-10(12)13-2/h9,11H,3-8H2,1-2H3. The minimum atomic E-state index is -0.192. The average molecular weight is 188 g/mol. The van der Waals surface area contributed by atoms with Gasteiger partial charge in [0.25, 0.3) is 0 Å². The predicted octanol–water partition coefficient (Wildman–Crippen LogP) is 1.88. The van der Waals surface area contributed by atoms with Gasteiger partial charge >= 0.3 is 5.97 Å². The largest absolute Gasteiger partial charge is 0.469 e. The maximum atomic E-state index is 10.7. The summed E-state index contributed by atoms with van der Waals surface area (Å²) in [7, 11) is 1.40. The van der Waals surface area contributed by atoms with Crippen LogP contribution >= 0.6 is 0 Å². The van der Waals surface area contributed by atoms with E-state index in [2.05, 4.69) is 11.7 Å². The lowest BCUT2D eigenvalue weighted by molar-refractivity contribution is -0.140. The van der Waals surface area contributed by atoms with E-state index < -0.39 is 0 Å². The van der Waals surface area contributed by atoms with Gasteiger partial charge in [-0.1, -0.05) is 19.8 Å². The molecule has 0 aliphatic rings. The molecule has 3 heteroatoms. The van der Waals surface area contributed by atoms with Gasteiger partial charge in [0.1, 0.15) is 0 Å². The molecule has 0 heterocycles. The van der Waals surface area contributed by atoms with Gasteiger partial charge in [0.15, 0.2) is 0 Å². The maximum absolute atomic E-state index is 10.7. The second-order valence-corrected chi connectivity index (χ2v) is 3.26. The molecule has 0 rings (SSSR count). The number of methoxy groups -OCH3 is 1. The van der Waals surface area contributed by atoms with E-state index in [0.717, 1.165) is 32.1 Å². The molecule has 0 saturated carbocycles. The summed E-state index contributed by atoms with van der Waals surface area (Å²) in [5.41, 5.74) is 0. The molecule has 1 atom stereocenters. The van der Waals surface area contributed by atoms with Crippen molar-refractivity contribution in [2.45, 2.75) is 51.6 Å². The van der Waals surface area contributed by atoms with E-state index >= 15 is 0 Å². The lowest BCUT2D eigenvalue weighted by Crippen LogP contribution is -2.06. The highest BCUT2D eigenvalue weighted by molar-refractivity contribution is 5.68. The summed E-state index contributed by atoms with van der Waals surface area (Å²) in [6, 6.07) is 0. The van der Waals surface area contributed by atoms with E-state index in [9.17, 15) is 9.90 Å². The van der Waals surface area contributed by atoms with Gasteiger partial charge in [0.2, 0.25) is 0 Å². The number of hydrogen-bond donors (Lipinski definition) is 1.